The smallest absolute Gasteiger partial charge is 0.338 e. The molecular formula is C13H6F5NO2. The molecule has 0 radical (unpaired) electrons. The summed E-state index contributed by atoms with van der Waals surface area (Å²) < 4.78 is 69.9. The minimum atomic E-state index is -2.27. The lowest BCUT2D eigenvalue weighted by atomic mass is 10.2. The van der Waals surface area contributed by atoms with E-state index in [4.69, 9.17) is 0 Å². The topological polar surface area (TPSA) is 39.2 Å². The third-order valence-electron chi connectivity index (χ3n) is 2.56. The normalized spacial score (nSPS) is 10.5. The maximum Gasteiger partial charge on any atom is 0.338 e. The number of carbonyl (C=O) groups is 1. The SMILES string of the molecule is O=C(OCc1c(F)c(F)c(F)c(F)c1F)c1ccncc1. The van der Waals surface area contributed by atoms with E-state index in [0.717, 1.165) is 0 Å². The van der Waals surface area contributed by atoms with Crippen LogP contribution in [0.25, 0.3) is 0 Å². The molecule has 0 aliphatic heterocycles. The van der Waals surface area contributed by atoms with E-state index in [2.05, 4.69) is 9.72 Å². The molecule has 0 saturated carbocycles. The van der Waals surface area contributed by atoms with E-state index < -0.39 is 47.2 Å². The van der Waals surface area contributed by atoms with Gasteiger partial charge in [0.15, 0.2) is 23.3 Å². The average molecular weight is 303 g/mol. The lowest BCUT2D eigenvalue weighted by Gasteiger charge is -2.09. The summed E-state index contributed by atoms with van der Waals surface area (Å²) in [7, 11) is 0. The second kappa shape index (κ2) is 5.86. The Labute approximate surface area is 115 Å². The Morgan fingerprint density at radius 1 is 0.905 bits per heavy atom. The minimum absolute atomic E-state index is 0.0221. The van der Waals surface area contributed by atoms with Crippen LogP contribution >= 0.6 is 0 Å². The van der Waals surface area contributed by atoms with Gasteiger partial charge >= 0.3 is 5.97 Å². The Hall–Kier alpha value is -2.51. The fraction of sp³-hybridized carbons (Fsp3) is 0.0769. The number of esters is 1. The molecule has 2 rings (SSSR count). The molecule has 0 N–H and O–H groups in total. The maximum absolute atomic E-state index is 13.3. The van der Waals surface area contributed by atoms with Crippen molar-refractivity contribution in [3.8, 4) is 0 Å². The zero-order valence-electron chi connectivity index (χ0n) is 10.2. The molecule has 0 spiro atoms. The van der Waals surface area contributed by atoms with Gasteiger partial charge in [-0.15, -0.1) is 0 Å². The zero-order valence-corrected chi connectivity index (χ0v) is 10.2. The van der Waals surface area contributed by atoms with Gasteiger partial charge in [0.2, 0.25) is 5.82 Å². The summed E-state index contributed by atoms with van der Waals surface area (Å²) >= 11 is 0. The van der Waals surface area contributed by atoms with Gasteiger partial charge in [-0.1, -0.05) is 0 Å². The van der Waals surface area contributed by atoms with Crippen molar-refractivity contribution in [1.29, 1.82) is 0 Å². The summed E-state index contributed by atoms with van der Waals surface area (Å²) in [6, 6.07) is 2.53. The van der Waals surface area contributed by atoms with Crippen LogP contribution in [0.1, 0.15) is 15.9 Å². The highest BCUT2D eigenvalue weighted by atomic mass is 19.2. The van der Waals surface area contributed by atoms with Gasteiger partial charge < -0.3 is 4.74 Å². The Balaban J connectivity index is 2.23. The molecule has 0 atom stereocenters. The predicted octanol–water partition coefficient (Wildman–Crippen LogP) is 3.13. The van der Waals surface area contributed by atoms with Crippen LogP contribution in [0.15, 0.2) is 24.5 Å². The molecule has 0 fully saturated rings. The number of ether oxygens (including phenoxy) is 1. The van der Waals surface area contributed by atoms with Gasteiger partial charge in [-0.05, 0) is 12.1 Å². The van der Waals surface area contributed by atoms with Crippen LogP contribution in [-0.2, 0) is 11.3 Å². The Morgan fingerprint density at radius 3 is 1.90 bits per heavy atom. The second-order valence-electron chi connectivity index (χ2n) is 3.86. The first-order valence-electron chi connectivity index (χ1n) is 5.51. The first-order valence-corrected chi connectivity index (χ1v) is 5.51. The fourth-order valence-electron chi connectivity index (χ4n) is 1.49. The number of aromatic nitrogens is 1. The number of pyridine rings is 1. The van der Waals surface area contributed by atoms with E-state index >= 15 is 0 Å². The van der Waals surface area contributed by atoms with Crippen LogP contribution < -0.4 is 0 Å². The van der Waals surface area contributed by atoms with Crippen LogP contribution in [0.5, 0.6) is 0 Å². The standard InChI is InChI=1S/C13H6F5NO2/c14-8-7(9(15)11(17)12(18)10(8)16)5-21-13(20)6-1-3-19-4-2-6/h1-4H,5H2. The van der Waals surface area contributed by atoms with Gasteiger partial charge in [-0.2, -0.15) is 0 Å². The summed E-state index contributed by atoms with van der Waals surface area (Å²) in [6.07, 6.45) is 2.55. The summed E-state index contributed by atoms with van der Waals surface area (Å²) in [5, 5.41) is 0. The van der Waals surface area contributed by atoms with Crippen molar-refractivity contribution in [3.63, 3.8) is 0 Å². The first kappa shape index (κ1) is 14.9. The van der Waals surface area contributed by atoms with Gasteiger partial charge in [-0.3, -0.25) is 4.98 Å². The lowest BCUT2D eigenvalue weighted by molar-refractivity contribution is 0.0462. The predicted molar refractivity (Wildman–Crippen MR) is 59.6 cm³/mol. The van der Waals surface area contributed by atoms with Crippen LogP contribution in [0, 0.1) is 29.1 Å². The Morgan fingerprint density at radius 2 is 1.38 bits per heavy atom. The van der Waals surface area contributed by atoms with Crippen molar-refractivity contribution in [2.24, 2.45) is 0 Å². The number of benzene rings is 1. The number of carbonyl (C=O) groups excluding carboxylic acids is 1. The van der Waals surface area contributed by atoms with E-state index in [9.17, 15) is 26.7 Å². The van der Waals surface area contributed by atoms with Gasteiger partial charge in [0.1, 0.15) is 6.61 Å². The van der Waals surface area contributed by atoms with Gasteiger partial charge in [0.25, 0.3) is 0 Å². The van der Waals surface area contributed by atoms with Crippen LogP contribution in [0.4, 0.5) is 22.0 Å². The Kier molecular flexibility index (Phi) is 4.15. The fourth-order valence-corrected chi connectivity index (χ4v) is 1.49. The molecule has 0 amide bonds. The zero-order chi connectivity index (χ0) is 15.6. The summed E-state index contributed by atoms with van der Waals surface area (Å²) in [5.41, 5.74) is -1.19. The first-order chi connectivity index (χ1) is 9.93. The summed E-state index contributed by atoms with van der Waals surface area (Å²) in [5.74, 6) is -11.5. The average Bonchev–Trinajstić information content (AvgIpc) is 2.51. The molecule has 1 aromatic carbocycles. The second-order valence-corrected chi connectivity index (χ2v) is 3.86. The Bertz CT molecular complexity index is 662. The van der Waals surface area contributed by atoms with Crippen LogP contribution in [-0.4, -0.2) is 11.0 Å². The molecule has 3 nitrogen and oxygen atoms in total. The molecule has 21 heavy (non-hydrogen) atoms. The van der Waals surface area contributed by atoms with Crippen molar-refractivity contribution < 1.29 is 31.5 Å². The molecular weight excluding hydrogens is 297 g/mol. The largest absolute Gasteiger partial charge is 0.457 e. The van der Waals surface area contributed by atoms with E-state index in [-0.39, 0.29) is 5.56 Å². The molecule has 0 aliphatic rings. The molecule has 2 aromatic rings. The lowest BCUT2D eigenvalue weighted by Crippen LogP contribution is -2.11. The molecule has 0 saturated heterocycles. The minimum Gasteiger partial charge on any atom is -0.457 e. The number of halogens is 5. The van der Waals surface area contributed by atoms with Gasteiger partial charge in [0.05, 0.1) is 11.1 Å². The molecule has 0 aliphatic carbocycles. The van der Waals surface area contributed by atoms with E-state index in [1.165, 1.54) is 24.5 Å². The van der Waals surface area contributed by atoms with Crippen molar-refractivity contribution >= 4 is 5.97 Å². The van der Waals surface area contributed by atoms with E-state index in [1.807, 2.05) is 0 Å². The monoisotopic (exact) mass is 303 g/mol. The number of hydrogen-bond donors (Lipinski definition) is 0. The number of hydrogen-bond acceptors (Lipinski definition) is 3. The van der Waals surface area contributed by atoms with Gasteiger partial charge in [-0.25, -0.2) is 26.7 Å². The highest BCUT2D eigenvalue weighted by Crippen LogP contribution is 2.23. The van der Waals surface area contributed by atoms with Crippen molar-refractivity contribution in [1.82, 2.24) is 4.98 Å². The van der Waals surface area contributed by atoms with E-state index in [0.29, 0.717) is 0 Å². The summed E-state index contributed by atoms with van der Waals surface area (Å²) in [6.45, 7) is -1.09. The summed E-state index contributed by atoms with van der Waals surface area (Å²) in [4.78, 5) is 15.2. The third-order valence-corrected chi connectivity index (χ3v) is 2.56. The number of rotatable bonds is 3. The molecule has 110 valence electrons. The quantitative estimate of drug-likeness (QED) is 0.378. The van der Waals surface area contributed by atoms with Crippen molar-refractivity contribution in [3.05, 3.63) is 64.7 Å². The maximum atomic E-state index is 13.3. The van der Waals surface area contributed by atoms with E-state index in [1.54, 1.807) is 0 Å². The van der Waals surface area contributed by atoms with Crippen LogP contribution in [0.3, 0.4) is 0 Å². The molecule has 1 aromatic heterocycles. The van der Waals surface area contributed by atoms with Crippen molar-refractivity contribution in [2.75, 3.05) is 0 Å². The highest BCUT2D eigenvalue weighted by Gasteiger charge is 2.26. The molecule has 8 heteroatoms. The highest BCUT2D eigenvalue weighted by molar-refractivity contribution is 5.89. The van der Waals surface area contributed by atoms with Crippen molar-refractivity contribution in [2.45, 2.75) is 6.61 Å². The van der Waals surface area contributed by atoms with Gasteiger partial charge in [0, 0.05) is 12.4 Å². The number of nitrogens with zero attached hydrogens (tertiary/aromatic N) is 1. The third kappa shape index (κ3) is 2.83. The molecule has 0 unspecified atom stereocenters. The molecule has 0 bridgehead atoms. The van der Waals surface area contributed by atoms with Crippen LogP contribution in [0.2, 0.25) is 0 Å². The molecule has 1 heterocycles.